The summed E-state index contributed by atoms with van der Waals surface area (Å²) < 4.78 is 0. The van der Waals surface area contributed by atoms with E-state index in [0.29, 0.717) is 0 Å². The summed E-state index contributed by atoms with van der Waals surface area (Å²) in [5.74, 6) is 0.313. The standard InChI is InChI=1S/C19H25N3O2/c23-18(17-7-3-5-14-4-1-2-6-16(14)17)21-11-8-15(9-12-21)22-13-10-20-19(22)24/h1-2,4,6,15,17H,3,5,7-13H2,(H,20,24)/t17-/m0/s1. The average molecular weight is 327 g/mol. The summed E-state index contributed by atoms with van der Waals surface area (Å²) in [5.41, 5.74) is 2.57. The molecule has 24 heavy (non-hydrogen) atoms. The number of nitrogens with zero attached hydrogens (tertiary/aromatic N) is 2. The van der Waals surface area contributed by atoms with Gasteiger partial charge in [0.05, 0.1) is 5.92 Å². The van der Waals surface area contributed by atoms with Crippen LogP contribution < -0.4 is 5.32 Å². The highest BCUT2D eigenvalue weighted by Gasteiger charge is 2.35. The van der Waals surface area contributed by atoms with E-state index in [1.165, 1.54) is 11.1 Å². The molecule has 3 aliphatic rings. The predicted octanol–water partition coefficient (Wildman–Crippen LogP) is 2.12. The van der Waals surface area contributed by atoms with E-state index < -0.39 is 0 Å². The van der Waals surface area contributed by atoms with Gasteiger partial charge in [0.25, 0.3) is 0 Å². The van der Waals surface area contributed by atoms with E-state index in [-0.39, 0.29) is 23.9 Å². The molecule has 5 heteroatoms. The van der Waals surface area contributed by atoms with E-state index in [4.69, 9.17) is 0 Å². The van der Waals surface area contributed by atoms with Crippen LogP contribution in [0.2, 0.25) is 0 Å². The molecule has 0 bridgehead atoms. The summed E-state index contributed by atoms with van der Waals surface area (Å²) in [6.07, 6.45) is 4.94. The average Bonchev–Trinajstić information content (AvgIpc) is 3.07. The summed E-state index contributed by atoms with van der Waals surface area (Å²) in [7, 11) is 0. The number of hydrogen-bond donors (Lipinski definition) is 1. The van der Waals surface area contributed by atoms with Crippen LogP contribution in [0.1, 0.15) is 42.7 Å². The van der Waals surface area contributed by atoms with Crippen molar-refractivity contribution in [1.29, 1.82) is 0 Å². The van der Waals surface area contributed by atoms with Crippen molar-refractivity contribution in [3.05, 3.63) is 35.4 Å². The van der Waals surface area contributed by atoms with Crippen LogP contribution in [0.5, 0.6) is 0 Å². The molecule has 0 unspecified atom stereocenters. The molecule has 0 spiro atoms. The van der Waals surface area contributed by atoms with Crippen molar-refractivity contribution in [3.63, 3.8) is 0 Å². The Balaban J connectivity index is 1.41. The van der Waals surface area contributed by atoms with Gasteiger partial charge in [-0.1, -0.05) is 24.3 Å². The molecule has 3 amide bonds. The van der Waals surface area contributed by atoms with Crippen molar-refractivity contribution in [2.75, 3.05) is 26.2 Å². The number of benzene rings is 1. The number of rotatable bonds is 2. The van der Waals surface area contributed by atoms with Gasteiger partial charge >= 0.3 is 6.03 Å². The van der Waals surface area contributed by atoms with Crippen LogP contribution in [0, 0.1) is 0 Å². The number of piperidine rings is 1. The van der Waals surface area contributed by atoms with Crippen LogP contribution in [0.3, 0.4) is 0 Å². The number of carbonyl (C=O) groups excluding carboxylic acids is 2. The molecular formula is C19H25N3O2. The topological polar surface area (TPSA) is 52.7 Å². The third-order valence-corrected chi connectivity index (χ3v) is 5.77. The van der Waals surface area contributed by atoms with Crippen LogP contribution >= 0.6 is 0 Å². The Morgan fingerprint density at radius 2 is 1.88 bits per heavy atom. The second-order valence-corrected chi connectivity index (χ2v) is 7.13. The first-order chi connectivity index (χ1) is 11.7. The Labute approximate surface area is 143 Å². The Morgan fingerprint density at radius 1 is 1.08 bits per heavy atom. The van der Waals surface area contributed by atoms with Gasteiger partial charge < -0.3 is 15.1 Å². The molecular weight excluding hydrogens is 302 g/mol. The van der Waals surface area contributed by atoms with Gasteiger partial charge in [-0.2, -0.15) is 0 Å². The van der Waals surface area contributed by atoms with Gasteiger partial charge in [0.1, 0.15) is 0 Å². The quantitative estimate of drug-likeness (QED) is 0.905. The maximum atomic E-state index is 13.0. The molecule has 1 aromatic rings. The number of nitrogens with one attached hydrogen (secondary N) is 1. The van der Waals surface area contributed by atoms with Crippen molar-refractivity contribution in [2.45, 2.75) is 44.1 Å². The van der Waals surface area contributed by atoms with Crippen molar-refractivity contribution in [1.82, 2.24) is 15.1 Å². The third-order valence-electron chi connectivity index (χ3n) is 5.77. The minimum absolute atomic E-state index is 0.0292. The normalized spacial score (nSPS) is 24.7. The van der Waals surface area contributed by atoms with Crippen LogP contribution in [0.15, 0.2) is 24.3 Å². The highest BCUT2D eigenvalue weighted by Crippen LogP contribution is 2.33. The molecule has 128 valence electrons. The van der Waals surface area contributed by atoms with Gasteiger partial charge in [-0.15, -0.1) is 0 Å². The Hall–Kier alpha value is -2.04. The highest BCUT2D eigenvalue weighted by atomic mass is 16.2. The number of fused-ring (bicyclic) bond motifs is 1. The van der Waals surface area contributed by atoms with Crippen molar-refractivity contribution in [2.24, 2.45) is 0 Å². The number of aryl methyl sites for hydroxylation is 1. The lowest BCUT2D eigenvalue weighted by atomic mass is 9.81. The molecule has 2 aliphatic heterocycles. The molecule has 0 saturated carbocycles. The fourth-order valence-corrected chi connectivity index (χ4v) is 4.46. The van der Waals surface area contributed by atoms with Gasteiger partial charge in [-0.05, 0) is 43.2 Å². The lowest BCUT2D eigenvalue weighted by molar-refractivity contribution is -0.134. The number of hydrogen-bond acceptors (Lipinski definition) is 2. The molecule has 1 aromatic carbocycles. The van der Waals surface area contributed by atoms with Crippen molar-refractivity contribution < 1.29 is 9.59 Å². The Morgan fingerprint density at radius 3 is 2.62 bits per heavy atom. The minimum Gasteiger partial charge on any atom is -0.342 e. The first-order valence-corrected chi connectivity index (χ1v) is 9.15. The first-order valence-electron chi connectivity index (χ1n) is 9.15. The fourth-order valence-electron chi connectivity index (χ4n) is 4.46. The number of urea groups is 1. The highest BCUT2D eigenvalue weighted by molar-refractivity contribution is 5.84. The summed E-state index contributed by atoms with van der Waals surface area (Å²) in [6.45, 7) is 3.09. The Kier molecular flexibility index (Phi) is 4.17. The van der Waals surface area contributed by atoms with Gasteiger partial charge in [0, 0.05) is 32.2 Å². The zero-order chi connectivity index (χ0) is 16.5. The second-order valence-electron chi connectivity index (χ2n) is 7.13. The lowest BCUT2D eigenvalue weighted by Gasteiger charge is -2.38. The number of likely N-dealkylation sites (tertiary alicyclic amines) is 1. The monoisotopic (exact) mass is 327 g/mol. The molecule has 1 N–H and O–H groups in total. The van der Waals surface area contributed by atoms with Crippen molar-refractivity contribution >= 4 is 11.9 Å². The Bertz CT molecular complexity index is 637. The minimum atomic E-state index is 0.0292. The lowest BCUT2D eigenvalue weighted by Crippen LogP contribution is -2.48. The summed E-state index contributed by atoms with van der Waals surface area (Å²) >= 11 is 0. The van der Waals surface area contributed by atoms with Gasteiger partial charge in [0.15, 0.2) is 0 Å². The molecule has 1 atom stereocenters. The largest absolute Gasteiger partial charge is 0.342 e. The predicted molar refractivity (Wildman–Crippen MR) is 91.8 cm³/mol. The zero-order valence-electron chi connectivity index (χ0n) is 14.0. The van der Waals surface area contributed by atoms with E-state index >= 15 is 0 Å². The molecule has 2 saturated heterocycles. The van der Waals surface area contributed by atoms with Crippen molar-refractivity contribution in [3.8, 4) is 0 Å². The van der Waals surface area contributed by atoms with E-state index in [0.717, 1.165) is 58.3 Å². The maximum Gasteiger partial charge on any atom is 0.317 e. The van der Waals surface area contributed by atoms with E-state index in [2.05, 4.69) is 23.5 Å². The molecule has 1 aliphatic carbocycles. The van der Waals surface area contributed by atoms with Crippen LogP contribution in [-0.2, 0) is 11.2 Å². The smallest absolute Gasteiger partial charge is 0.317 e. The van der Waals surface area contributed by atoms with Crippen LogP contribution in [0.4, 0.5) is 4.79 Å². The molecule has 4 rings (SSSR count). The SMILES string of the molecule is O=C([C@H]1CCCc2ccccc21)N1CCC(N2CCNC2=O)CC1. The summed E-state index contributed by atoms with van der Waals surface area (Å²) in [4.78, 5) is 28.8. The number of carbonyl (C=O) groups is 2. The molecule has 2 heterocycles. The van der Waals surface area contributed by atoms with E-state index in [1.807, 2.05) is 15.9 Å². The molecule has 2 fully saturated rings. The summed E-state index contributed by atoms with van der Waals surface area (Å²) in [5, 5.41) is 2.87. The van der Waals surface area contributed by atoms with E-state index in [1.54, 1.807) is 0 Å². The van der Waals surface area contributed by atoms with Crippen LogP contribution in [0.25, 0.3) is 0 Å². The van der Waals surface area contributed by atoms with Gasteiger partial charge in [-0.3, -0.25) is 4.79 Å². The second kappa shape index (κ2) is 6.46. The van der Waals surface area contributed by atoms with E-state index in [9.17, 15) is 9.59 Å². The molecule has 0 aromatic heterocycles. The third kappa shape index (κ3) is 2.76. The molecule has 0 radical (unpaired) electrons. The summed E-state index contributed by atoms with van der Waals surface area (Å²) in [6, 6.07) is 8.74. The van der Waals surface area contributed by atoms with Gasteiger partial charge in [0.2, 0.25) is 5.91 Å². The van der Waals surface area contributed by atoms with Gasteiger partial charge in [-0.25, -0.2) is 4.79 Å². The fraction of sp³-hybridized carbons (Fsp3) is 0.579. The maximum absolute atomic E-state index is 13.0. The first kappa shape index (κ1) is 15.5. The van der Waals surface area contributed by atoms with Crippen LogP contribution in [-0.4, -0.2) is 54.0 Å². The zero-order valence-corrected chi connectivity index (χ0v) is 14.0. The number of amides is 3. The molecule has 5 nitrogen and oxygen atoms in total.